The van der Waals surface area contributed by atoms with Crippen LogP contribution in [0.15, 0.2) is 30.5 Å². The molecule has 7 heteroatoms. The molecular weight excluding hydrogens is 328 g/mol. The smallest absolute Gasteiger partial charge is 0.278 e. The van der Waals surface area contributed by atoms with E-state index in [4.69, 9.17) is 5.73 Å². The fourth-order valence-corrected chi connectivity index (χ4v) is 2.19. The standard InChI is InChI=1S/C17H24N4O2.ClH/c1-11(2)13-5-7-14(8-6-13)21-10-15(22)16(19-21)17(23)20(4)12(3)9-18;/h5-8,10-12,22H,9,18H2,1-4H3;1H. The van der Waals surface area contributed by atoms with E-state index in [2.05, 4.69) is 18.9 Å². The van der Waals surface area contributed by atoms with Crippen LogP contribution in [0.2, 0.25) is 0 Å². The van der Waals surface area contributed by atoms with Gasteiger partial charge in [-0.15, -0.1) is 12.4 Å². The van der Waals surface area contributed by atoms with Crippen molar-refractivity contribution in [2.24, 2.45) is 5.73 Å². The number of hydrogen-bond donors (Lipinski definition) is 2. The van der Waals surface area contributed by atoms with Gasteiger partial charge < -0.3 is 15.7 Å². The summed E-state index contributed by atoms with van der Waals surface area (Å²) >= 11 is 0. The van der Waals surface area contributed by atoms with Crippen LogP contribution in [0.25, 0.3) is 5.69 Å². The van der Waals surface area contributed by atoms with E-state index >= 15 is 0 Å². The minimum absolute atomic E-state index is 0. The van der Waals surface area contributed by atoms with E-state index in [9.17, 15) is 9.90 Å². The van der Waals surface area contributed by atoms with Crippen LogP contribution in [0.5, 0.6) is 5.75 Å². The SMILES string of the molecule is CC(C)c1ccc(-n2cc(O)c(C(=O)N(C)C(C)CN)n2)cc1.Cl. The third-order valence-corrected chi connectivity index (χ3v) is 4.04. The summed E-state index contributed by atoms with van der Waals surface area (Å²) in [6.07, 6.45) is 1.44. The van der Waals surface area contributed by atoms with Gasteiger partial charge in [-0.05, 0) is 30.5 Å². The Bertz CT molecular complexity index is 682. The van der Waals surface area contributed by atoms with E-state index in [1.165, 1.54) is 21.3 Å². The van der Waals surface area contributed by atoms with Gasteiger partial charge in [0.25, 0.3) is 5.91 Å². The third kappa shape index (κ3) is 4.07. The Morgan fingerprint density at radius 3 is 2.38 bits per heavy atom. The molecule has 1 aromatic carbocycles. The normalized spacial score (nSPS) is 11.9. The zero-order chi connectivity index (χ0) is 17.1. The molecule has 0 saturated heterocycles. The highest BCUT2D eigenvalue weighted by molar-refractivity contribution is 5.94. The highest BCUT2D eigenvalue weighted by Gasteiger charge is 2.23. The Morgan fingerprint density at radius 2 is 1.88 bits per heavy atom. The molecule has 2 rings (SSSR count). The molecule has 1 unspecified atom stereocenters. The predicted molar refractivity (Wildman–Crippen MR) is 97.2 cm³/mol. The molecule has 0 bridgehead atoms. The number of aromatic hydroxyl groups is 1. The Labute approximate surface area is 148 Å². The first-order valence-corrected chi connectivity index (χ1v) is 7.71. The van der Waals surface area contributed by atoms with Gasteiger partial charge in [0, 0.05) is 19.6 Å². The predicted octanol–water partition coefficient (Wildman–Crippen LogP) is 2.54. The van der Waals surface area contributed by atoms with Crippen molar-refractivity contribution >= 4 is 18.3 Å². The monoisotopic (exact) mass is 352 g/mol. The van der Waals surface area contributed by atoms with E-state index in [1.807, 2.05) is 31.2 Å². The first-order valence-electron chi connectivity index (χ1n) is 7.71. The highest BCUT2D eigenvalue weighted by atomic mass is 35.5. The van der Waals surface area contributed by atoms with Crippen molar-refractivity contribution in [3.05, 3.63) is 41.7 Å². The molecule has 0 aliphatic carbocycles. The Kier molecular flexibility index (Phi) is 6.81. The van der Waals surface area contributed by atoms with Gasteiger partial charge in [-0.2, -0.15) is 5.10 Å². The number of nitrogens with zero attached hydrogens (tertiary/aromatic N) is 3. The molecule has 0 fully saturated rings. The summed E-state index contributed by atoms with van der Waals surface area (Å²) in [5, 5.41) is 14.3. The van der Waals surface area contributed by atoms with Crippen LogP contribution in [0, 0.1) is 0 Å². The minimum atomic E-state index is -0.349. The van der Waals surface area contributed by atoms with Crippen LogP contribution < -0.4 is 5.73 Å². The molecule has 1 aromatic heterocycles. The molecule has 0 radical (unpaired) electrons. The van der Waals surface area contributed by atoms with Crippen LogP contribution in [-0.4, -0.2) is 45.3 Å². The van der Waals surface area contributed by atoms with E-state index in [1.54, 1.807) is 7.05 Å². The molecule has 1 heterocycles. The molecule has 6 nitrogen and oxygen atoms in total. The van der Waals surface area contributed by atoms with E-state index < -0.39 is 0 Å². The van der Waals surface area contributed by atoms with Crippen LogP contribution in [0.3, 0.4) is 0 Å². The number of halogens is 1. The van der Waals surface area contributed by atoms with Crippen LogP contribution in [0.4, 0.5) is 0 Å². The van der Waals surface area contributed by atoms with Gasteiger partial charge in [0.2, 0.25) is 0 Å². The summed E-state index contributed by atoms with van der Waals surface area (Å²) in [5.41, 5.74) is 7.62. The van der Waals surface area contributed by atoms with Crippen molar-refractivity contribution in [1.82, 2.24) is 14.7 Å². The zero-order valence-electron chi connectivity index (χ0n) is 14.4. The summed E-state index contributed by atoms with van der Waals surface area (Å²) in [4.78, 5) is 13.9. The number of rotatable bonds is 5. The lowest BCUT2D eigenvalue weighted by Gasteiger charge is -2.22. The lowest BCUT2D eigenvalue weighted by molar-refractivity contribution is 0.0739. The zero-order valence-corrected chi connectivity index (χ0v) is 15.2. The van der Waals surface area contributed by atoms with Crippen molar-refractivity contribution in [3.8, 4) is 11.4 Å². The highest BCUT2D eigenvalue weighted by Crippen LogP contribution is 2.21. The molecule has 0 spiro atoms. The first kappa shape index (κ1) is 20.0. The molecule has 0 saturated carbocycles. The van der Waals surface area contributed by atoms with Crippen molar-refractivity contribution in [2.45, 2.75) is 32.7 Å². The second-order valence-corrected chi connectivity index (χ2v) is 6.05. The van der Waals surface area contributed by atoms with Crippen molar-refractivity contribution < 1.29 is 9.90 Å². The lowest BCUT2D eigenvalue weighted by atomic mass is 10.0. The first-order chi connectivity index (χ1) is 10.8. The summed E-state index contributed by atoms with van der Waals surface area (Å²) in [6, 6.07) is 7.74. The topological polar surface area (TPSA) is 84.4 Å². The number of carbonyl (C=O) groups is 1. The van der Waals surface area contributed by atoms with Crippen molar-refractivity contribution in [3.63, 3.8) is 0 Å². The quantitative estimate of drug-likeness (QED) is 0.866. The number of hydrogen-bond acceptors (Lipinski definition) is 4. The van der Waals surface area contributed by atoms with Gasteiger partial charge in [0.1, 0.15) is 0 Å². The van der Waals surface area contributed by atoms with Gasteiger partial charge in [0.05, 0.1) is 11.9 Å². The maximum absolute atomic E-state index is 12.4. The lowest BCUT2D eigenvalue weighted by Crippen LogP contribution is -2.39. The number of amides is 1. The van der Waals surface area contributed by atoms with Crippen LogP contribution in [0.1, 0.15) is 42.7 Å². The second-order valence-electron chi connectivity index (χ2n) is 6.05. The number of likely N-dealkylation sites (N-methyl/N-ethyl adjacent to an activating group) is 1. The third-order valence-electron chi connectivity index (χ3n) is 4.04. The molecule has 24 heavy (non-hydrogen) atoms. The number of nitrogens with two attached hydrogens (primary N) is 1. The van der Waals surface area contributed by atoms with E-state index in [-0.39, 0.29) is 35.8 Å². The molecule has 3 N–H and O–H groups in total. The fourth-order valence-electron chi connectivity index (χ4n) is 2.19. The number of carbonyl (C=O) groups excluding carboxylic acids is 1. The minimum Gasteiger partial charge on any atom is -0.504 e. The molecule has 132 valence electrons. The van der Waals surface area contributed by atoms with Crippen LogP contribution >= 0.6 is 12.4 Å². The summed E-state index contributed by atoms with van der Waals surface area (Å²) in [7, 11) is 1.65. The van der Waals surface area contributed by atoms with E-state index in [0.717, 1.165) is 5.69 Å². The Hall–Kier alpha value is -2.05. The molecule has 1 amide bonds. The van der Waals surface area contributed by atoms with E-state index in [0.29, 0.717) is 12.5 Å². The largest absolute Gasteiger partial charge is 0.504 e. The maximum atomic E-state index is 12.4. The van der Waals surface area contributed by atoms with Crippen molar-refractivity contribution in [1.29, 1.82) is 0 Å². The maximum Gasteiger partial charge on any atom is 0.278 e. The van der Waals surface area contributed by atoms with Crippen molar-refractivity contribution in [2.75, 3.05) is 13.6 Å². The van der Waals surface area contributed by atoms with Gasteiger partial charge in [-0.3, -0.25) is 4.79 Å². The summed E-state index contributed by atoms with van der Waals surface area (Å²) in [6.45, 7) is 6.44. The molecule has 0 aliphatic rings. The van der Waals surface area contributed by atoms with Gasteiger partial charge in [0.15, 0.2) is 11.4 Å². The number of benzene rings is 1. The average molecular weight is 353 g/mol. The Morgan fingerprint density at radius 1 is 1.29 bits per heavy atom. The summed E-state index contributed by atoms with van der Waals surface area (Å²) in [5.74, 6) is -0.0457. The molecular formula is C17H25ClN4O2. The second kappa shape index (κ2) is 8.17. The molecule has 2 aromatic rings. The fraction of sp³-hybridized carbons (Fsp3) is 0.412. The van der Waals surface area contributed by atoms with Crippen LogP contribution in [-0.2, 0) is 0 Å². The van der Waals surface area contributed by atoms with Gasteiger partial charge >= 0.3 is 0 Å². The summed E-state index contributed by atoms with van der Waals surface area (Å²) < 4.78 is 1.51. The Balaban J connectivity index is 0.00000288. The average Bonchev–Trinajstić information content (AvgIpc) is 2.94. The van der Waals surface area contributed by atoms with Gasteiger partial charge in [-0.25, -0.2) is 4.68 Å². The van der Waals surface area contributed by atoms with Gasteiger partial charge in [-0.1, -0.05) is 26.0 Å². The molecule has 0 aliphatic heterocycles. The number of aromatic nitrogens is 2. The molecule has 1 atom stereocenters.